The van der Waals surface area contributed by atoms with Crippen LogP contribution in [0.1, 0.15) is 25.3 Å². The van der Waals surface area contributed by atoms with Crippen LogP contribution in [0.4, 0.5) is 0 Å². The van der Waals surface area contributed by atoms with Gasteiger partial charge in [-0.05, 0) is 29.7 Å². The lowest BCUT2D eigenvalue weighted by Crippen LogP contribution is -2.12. The minimum absolute atomic E-state index is 0.424. The first-order chi connectivity index (χ1) is 10.1. The Kier molecular flexibility index (Phi) is 9.67. The van der Waals surface area contributed by atoms with Gasteiger partial charge in [0.05, 0.1) is 33.0 Å². The summed E-state index contributed by atoms with van der Waals surface area (Å²) in [7, 11) is 1.66. The zero-order valence-electron chi connectivity index (χ0n) is 13.1. The molecule has 0 bridgehead atoms. The number of hydrogen-bond donors (Lipinski definition) is 0. The lowest BCUT2D eigenvalue weighted by atomic mass is 10.0. The van der Waals surface area contributed by atoms with E-state index in [0.29, 0.717) is 45.6 Å². The molecule has 1 aromatic carbocycles. The van der Waals surface area contributed by atoms with Crippen molar-refractivity contribution in [3.05, 3.63) is 28.2 Å². The topological polar surface area (TPSA) is 36.9 Å². The van der Waals surface area contributed by atoms with Gasteiger partial charge in [0.2, 0.25) is 0 Å². The van der Waals surface area contributed by atoms with E-state index in [2.05, 4.69) is 35.8 Å². The highest BCUT2D eigenvalue weighted by Crippen LogP contribution is 2.29. The first kappa shape index (κ1) is 18.4. The molecule has 0 heterocycles. The first-order valence-electron chi connectivity index (χ1n) is 7.21. The molecule has 120 valence electrons. The first-order valence-corrected chi connectivity index (χ1v) is 8.01. The molecule has 0 unspecified atom stereocenters. The fraction of sp³-hybridized carbons (Fsp3) is 0.625. The van der Waals surface area contributed by atoms with Crippen LogP contribution in [0.5, 0.6) is 5.75 Å². The van der Waals surface area contributed by atoms with Gasteiger partial charge in [-0.15, -0.1) is 0 Å². The van der Waals surface area contributed by atoms with E-state index < -0.39 is 0 Å². The van der Waals surface area contributed by atoms with Crippen LogP contribution < -0.4 is 4.74 Å². The number of benzene rings is 1. The van der Waals surface area contributed by atoms with E-state index in [0.717, 1.165) is 10.2 Å². The largest absolute Gasteiger partial charge is 0.491 e. The van der Waals surface area contributed by atoms with Gasteiger partial charge < -0.3 is 18.9 Å². The molecular formula is C16H25BrO4. The average molecular weight is 361 g/mol. The van der Waals surface area contributed by atoms with Crippen molar-refractivity contribution < 1.29 is 18.9 Å². The van der Waals surface area contributed by atoms with Gasteiger partial charge in [0, 0.05) is 11.6 Å². The van der Waals surface area contributed by atoms with Crippen molar-refractivity contribution in [2.45, 2.75) is 19.8 Å². The lowest BCUT2D eigenvalue weighted by Gasteiger charge is -2.14. The average Bonchev–Trinajstić information content (AvgIpc) is 2.46. The number of methoxy groups -OCH3 is 1. The summed E-state index contributed by atoms with van der Waals surface area (Å²) in [4.78, 5) is 0. The second kappa shape index (κ2) is 11.0. The smallest absolute Gasteiger partial charge is 0.122 e. The molecule has 0 aliphatic rings. The van der Waals surface area contributed by atoms with Gasteiger partial charge in [0.15, 0.2) is 0 Å². The number of ether oxygens (including phenoxy) is 4. The highest BCUT2D eigenvalue weighted by Gasteiger charge is 2.08. The van der Waals surface area contributed by atoms with Crippen LogP contribution in [-0.4, -0.2) is 46.8 Å². The molecule has 0 atom stereocenters. The highest BCUT2D eigenvalue weighted by atomic mass is 79.9. The molecule has 0 saturated heterocycles. The summed E-state index contributed by atoms with van der Waals surface area (Å²) >= 11 is 3.49. The van der Waals surface area contributed by atoms with Crippen molar-refractivity contribution in [1.29, 1.82) is 0 Å². The van der Waals surface area contributed by atoms with E-state index >= 15 is 0 Å². The van der Waals surface area contributed by atoms with Crippen LogP contribution in [-0.2, 0) is 14.2 Å². The fourth-order valence-electron chi connectivity index (χ4n) is 1.78. The molecule has 0 aromatic heterocycles. The monoisotopic (exact) mass is 360 g/mol. The molecule has 0 aliphatic heterocycles. The van der Waals surface area contributed by atoms with Crippen LogP contribution in [0.3, 0.4) is 0 Å². The molecule has 0 aliphatic carbocycles. The van der Waals surface area contributed by atoms with Gasteiger partial charge in [0.1, 0.15) is 12.4 Å². The van der Waals surface area contributed by atoms with Crippen molar-refractivity contribution in [3.63, 3.8) is 0 Å². The van der Waals surface area contributed by atoms with Crippen LogP contribution in [0.25, 0.3) is 0 Å². The van der Waals surface area contributed by atoms with E-state index in [9.17, 15) is 0 Å². The molecule has 4 nitrogen and oxygen atoms in total. The maximum atomic E-state index is 5.79. The Hall–Kier alpha value is -0.620. The second-order valence-electron chi connectivity index (χ2n) is 4.90. The standard InChI is InChI=1S/C16H25BrO4/c1-13(2)15-12-14(17)4-5-16(15)21-11-10-20-9-8-19-7-6-18-3/h4-5,12-13H,6-11H2,1-3H3. The fourth-order valence-corrected chi connectivity index (χ4v) is 2.16. The third kappa shape index (κ3) is 7.81. The predicted molar refractivity (Wildman–Crippen MR) is 87.2 cm³/mol. The number of halogens is 1. The molecule has 0 spiro atoms. The van der Waals surface area contributed by atoms with Crippen LogP contribution in [0.15, 0.2) is 22.7 Å². The third-order valence-electron chi connectivity index (χ3n) is 2.88. The minimum atomic E-state index is 0.424. The Bertz CT molecular complexity index is 396. The normalized spacial score (nSPS) is 11.1. The van der Waals surface area contributed by atoms with Crippen LogP contribution in [0.2, 0.25) is 0 Å². The Morgan fingerprint density at radius 3 is 2.19 bits per heavy atom. The maximum Gasteiger partial charge on any atom is 0.122 e. The minimum Gasteiger partial charge on any atom is -0.491 e. The van der Waals surface area contributed by atoms with E-state index in [1.165, 1.54) is 5.56 Å². The van der Waals surface area contributed by atoms with Gasteiger partial charge in [-0.2, -0.15) is 0 Å². The van der Waals surface area contributed by atoms with Gasteiger partial charge >= 0.3 is 0 Å². The van der Waals surface area contributed by atoms with Gasteiger partial charge in [-0.25, -0.2) is 0 Å². The van der Waals surface area contributed by atoms with E-state index in [1.54, 1.807) is 7.11 Å². The van der Waals surface area contributed by atoms with E-state index in [1.807, 2.05) is 12.1 Å². The van der Waals surface area contributed by atoms with E-state index in [4.69, 9.17) is 18.9 Å². The summed E-state index contributed by atoms with van der Waals surface area (Å²) in [5.41, 5.74) is 1.20. The van der Waals surface area contributed by atoms with Gasteiger partial charge in [-0.1, -0.05) is 29.8 Å². The van der Waals surface area contributed by atoms with Crippen molar-refractivity contribution >= 4 is 15.9 Å². The Labute approximate surface area is 135 Å². The molecular weight excluding hydrogens is 336 g/mol. The summed E-state index contributed by atoms with van der Waals surface area (Å²) in [6.45, 7) is 7.78. The molecule has 0 N–H and O–H groups in total. The molecule has 1 rings (SSSR count). The zero-order valence-corrected chi connectivity index (χ0v) is 14.6. The van der Waals surface area contributed by atoms with Crippen LogP contribution in [0, 0.1) is 0 Å². The summed E-state index contributed by atoms with van der Waals surface area (Å²) < 4.78 is 22.5. The number of rotatable bonds is 11. The van der Waals surface area contributed by atoms with Crippen LogP contribution >= 0.6 is 15.9 Å². The highest BCUT2D eigenvalue weighted by molar-refractivity contribution is 9.10. The van der Waals surface area contributed by atoms with Crippen molar-refractivity contribution in [1.82, 2.24) is 0 Å². The molecule has 0 fully saturated rings. The molecule has 5 heteroatoms. The molecule has 0 radical (unpaired) electrons. The quantitative estimate of drug-likeness (QED) is 0.564. The Morgan fingerprint density at radius 1 is 0.952 bits per heavy atom. The third-order valence-corrected chi connectivity index (χ3v) is 3.38. The van der Waals surface area contributed by atoms with E-state index in [-0.39, 0.29) is 0 Å². The molecule has 1 aromatic rings. The second-order valence-corrected chi connectivity index (χ2v) is 5.82. The zero-order chi connectivity index (χ0) is 15.5. The van der Waals surface area contributed by atoms with Crippen molar-refractivity contribution in [2.75, 3.05) is 46.8 Å². The van der Waals surface area contributed by atoms with Crippen molar-refractivity contribution in [2.24, 2.45) is 0 Å². The Morgan fingerprint density at radius 2 is 1.57 bits per heavy atom. The number of hydrogen-bond acceptors (Lipinski definition) is 4. The molecule has 0 saturated carbocycles. The maximum absolute atomic E-state index is 5.79. The summed E-state index contributed by atoms with van der Waals surface area (Å²) in [5.74, 6) is 1.35. The summed E-state index contributed by atoms with van der Waals surface area (Å²) in [6.07, 6.45) is 0. The Balaban J connectivity index is 2.18. The van der Waals surface area contributed by atoms with Crippen molar-refractivity contribution in [3.8, 4) is 5.75 Å². The molecule has 0 amide bonds. The van der Waals surface area contributed by atoms with Gasteiger partial charge in [0.25, 0.3) is 0 Å². The van der Waals surface area contributed by atoms with Gasteiger partial charge in [-0.3, -0.25) is 0 Å². The lowest BCUT2D eigenvalue weighted by molar-refractivity contribution is 0.0179. The SMILES string of the molecule is COCCOCCOCCOc1ccc(Br)cc1C(C)C. The summed E-state index contributed by atoms with van der Waals surface area (Å²) in [6, 6.07) is 6.09. The molecule has 21 heavy (non-hydrogen) atoms. The summed E-state index contributed by atoms with van der Waals surface area (Å²) in [5, 5.41) is 0. The predicted octanol–water partition coefficient (Wildman–Crippen LogP) is 3.63.